The van der Waals surface area contributed by atoms with Crippen LogP contribution in [0.2, 0.25) is 18.1 Å². The normalized spacial score (nSPS) is 25.3. The number of nitrogens with one attached hydrogen (secondary N) is 1. The highest BCUT2D eigenvalue weighted by atomic mass is 28.4. The van der Waals surface area contributed by atoms with Gasteiger partial charge >= 0.3 is 5.97 Å². The number of esters is 1. The molecule has 1 aromatic carbocycles. The van der Waals surface area contributed by atoms with Crippen LogP contribution in [0.5, 0.6) is 0 Å². The zero-order valence-corrected chi connectivity index (χ0v) is 24.5. The first-order valence-electron chi connectivity index (χ1n) is 12.8. The van der Waals surface area contributed by atoms with Gasteiger partial charge in [-0.1, -0.05) is 51.1 Å². The smallest absolute Gasteiger partial charge is 0.331 e. The molecule has 0 bridgehead atoms. The summed E-state index contributed by atoms with van der Waals surface area (Å²) < 4.78 is 23.5. The molecule has 2 aliphatic heterocycles. The van der Waals surface area contributed by atoms with Crippen LogP contribution in [0.4, 0.5) is 0 Å². The number of likely N-dealkylation sites (tertiary alicyclic amines) is 1. The van der Waals surface area contributed by atoms with Gasteiger partial charge in [-0.05, 0) is 44.5 Å². The third kappa shape index (κ3) is 6.42. The van der Waals surface area contributed by atoms with Crippen molar-refractivity contribution < 1.29 is 33.0 Å². The van der Waals surface area contributed by atoms with Crippen molar-refractivity contribution in [3.05, 3.63) is 35.9 Å². The SMILES string of the molecule is COC(=O)[C@@H]([C@H](C)O[Si](C)(C)C(C)(C)C)N1C(=O)[C@@H](NC(=O)Cc2ccccc2)[C@H]1[C@@H]1COC(C)(C)O1. The zero-order chi connectivity index (χ0) is 27.8. The topological polar surface area (TPSA) is 103 Å². The van der Waals surface area contributed by atoms with E-state index in [-0.39, 0.29) is 29.9 Å². The number of methoxy groups -OCH3 is 1. The summed E-state index contributed by atoms with van der Waals surface area (Å²) in [5, 5.41) is 2.78. The molecular weight excluding hydrogens is 492 g/mol. The van der Waals surface area contributed by atoms with Crippen molar-refractivity contribution in [2.24, 2.45) is 0 Å². The average molecular weight is 535 g/mol. The predicted molar refractivity (Wildman–Crippen MR) is 141 cm³/mol. The van der Waals surface area contributed by atoms with Crippen LogP contribution in [0.25, 0.3) is 0 Å². The Balaban J connectivity index is 1.88. The molecule has 0 aliphatic carbocycles. The molecule has 0 unspecified atom stereocenters. The number of β-lactam (4-membered cyclic amide) rings is 1. The van der Waals surface area contributed by atoms with Crippen molar-refractivity contribution in [3.63, 3.8) is 0 Å². The van der Waals surface area contributed by atoms with Gasteiger partial charge in [-0.2, -0.15) is 0 Å². The Morgan fingerprint density at radius 3 is 2.35 bits per heavy atom. The maximum Gasteiger partial charge on any atom is 0.331 e. The molecule has 1 aromatic rings. The van der Waals surface area contributed by atoms with E-state index >= 15 is 0 Å². The summed E-state index contributed by atoms with van der Waals surface area (Å²) in [4.78, 5) is 41.0. The molecule has 37 heavy (non-hydrogen) atoms. The van der Waals surface area contributed by atoms with Crippen LogP contribution in [-0.4, -0.2) is 80.8 Å². The molecule has 2 heterocycles. The number of amides is 2. The van der Waals surface area contributed by atoms with Crippen LogP contribution < -0.4 is 5.32 Å². The third-order valence-electron chi connectivity index (χ3n) is 7.59. The number of ether oxygens (including phenoxy) is 3. The Labute approximate surface area is 221 Å². The largest absolute Gasteiger partial charge is 0.467 e. The van der Waals surface area contributed by atoms with Gasteiger partial charge in [-0.3, -0.25) is 9.59 Å². The van der Waals surface area contributed by atoms with E-state index in [0.29, 0.717) is 0 Å². The molecule has 9 nitrogen and oxygen atoms in total. The highest BCUT2D eigenvalue weighted by Crippen LogP contribution is 2.40. The summed E-state index contributed by atoms with van der Waals surface area (Å²) in [5.41, 5.74) is 0.839. The Morgan fingerprint density at radius 1 is 1.22 bits per heavy atom. The Kier molecular flexibility index (Phi) is 8.58. The van der Waals surface area contributed by atoms with E-state index < -0.39 is 50.4 Å². The van der Waals surface area contributed by atoms with Crippen molar-refractivity contribution in [1.29, 1.82) is 0 Å². The second-order valence-corrected chi connectivity index (χ2v) is 16.6. The van der Waals surface area contributed by atoms with Crippen LogP contribution in [0.15, 0.2) is 30.3 Å². The van der Waals surface area contributed by atoms with E-state index in [2.05, 4.69) is 39.2 Å². The van der Waals surface area contributed by atoms with Gasteiger partial charge in [0.2, 0.25) is 11.8 Å². The van der Waals surface area contributed by atoms with Crippen LogP contribution >= 0.6 is 0 Å². The van der Waals surface area contributed by atoms with Crippen LogP contribution in [0.1, 0.15) is 47.1 Å². The van der Waals surface area contributed by atoms with Crippen LogP contribution in [-0.2, 0) is 39.4 Å². The predicted octanol–water partition coefficient (Wildman–Crippen LogP) is 3.03. The summed E-state index contributed by atoms with van der Waals surface area (Å²) in [6.07, 6.45) is -1.03. The molecule has 0 aromatic heterocycles. The van der Waals surface area contributed by atoms with Crippen molar-refractivity contribution in [3.8, 4) is 0 Å². The molecule has 2 amide bonds. The lowest BCUT2D eigenvalue weighted by Crippen LogP contribution is -2.79. The highest BCUT2D eigenvalue weighted by Gasteiger charge is 2.60. The minimum Gasteiger partial charge on any atom is -0.467 e. The average Bonchev–Trinajstić information content (AvgIpc) is 3.15. The minimum absolute atomic E-state index is 0.0966. The molecule has 3 rings (SSSR count). The maximum atomic E-state index is 13.6. The Hall–Kier alpha value is -2.27. The number of rotatable bonds is 9. The lowest BCUT2D eigenvalue weighted by atomic mass is 9.86. The molecular formula is C27H42N2O7Si. The first-order chi connectivity index (χ1) is 17.1. The van der Waals surface area contributed by atoms with Crippen molar-refractivity contribution >= 4 is 26.1 Å². The number of carbonyl (C=O) groups excluding carboxylic acids is 3. The molecule has 5 atom stereocenters. The molecule has 10 heteroatoms. The molecule has 2 aliphatic rings. The molecule has 1 N–H and O–H groups in total. The lowest BCUT2D eigenvalue weighted by molar-refractivity contribution is -0.188. The van der Waals surface area contributed by atoms with E-state index in [1.165, 1.54) is 12.0 Å². The summed E-state index contributed by atoms with van der Waals surface area (Å²) in [6.45, 7) is 16.1. The molecule has 2 fully saturated rings. The van der Waals surface area contributed by atoms with Crippen molar-refractivity contribution in [2.45, 2.75) is 102 Å². The zero-order valence-electron chi connectivity index (χ0n) is 23.5. The van der Waals surface area contributed by atoms with Gasteiger partial charge in [-0.25, -0.2) is 4.79 Å². The Bertz CT molecular complexity index is 992. The van der Waals surface area contributed by atoms with E-state index in [4.69, 9.17) is 18.6 Å². The quantitative estimate of drug-likeness (QED) is 0.295. The molecule has 0 radical (unpaired) electrons. The lowest BCUT2D eigenvalue weighted by Gasteiger charge is -2.53. The number of hydrogen-bond donors (Lipinski definition) is 1. The first kappa shape index (κ1) is 29.3. The number of nitrogens with zero attached hydrogens (tertiary/aromatic N) is 1. The fourth-order valence-corrected chi connectivity index (χ4v) is 6.05. The number of hydrogen-bond acceptors (Lipinski definition) is 7. The molecule has 206 valence electrons. The van der Waals surface area contributed by atoms with E-state index in [0.717, 1.165) is 5.56 Å². The summed E-state index contributed by atoms with van der Waals surface area (Å²) in [7, 11) is -0.984. The van der Waals surface area contributed by atoms with Crippen LogP contribution in [0, 0.1) is 0 Å². The maximum absolute atomic E-state index is 13.6. The number of carbonyl (C=O) groups is 3. The van der Waals surface area contributed by atoms with Gasteiger partial charge in [0.05, 0.1) is 32.3 Å². The molecule has 0 saturated carbocycles. The van der Waals surface area contributed by atoms with Gasteiger partial charge in [0.15, 0.2) is 20.1 Å². The molecule has 2 saturated heterocycles. The first-order valence-corrected chi connectivity index (χ1v) is 15.7. The van der Waals surface area contributed by atoms with Gasteiger partial charge in [0.25, 0.3) is 0 Å². The van der Waals surface area contributed by atoms with Crippen molar-refractivity contribution in [1.82, 2.24) is 10.2 Å². The van der Waals surface area contributed by atoms with E-state index in [9.17, 15) is 14.4 Å². The fraction of sp³-hybridized carbons (Fsp3) is 0.667. The van der Waals surface area contributed by atoms with Gasteiger partial charge in [-0.15, -0.1) is 0 Å². The summed E-state index contributed by atoms with van der Waals surface area (Å²) >= 11 is 0. The fourth-order valence-electron chi connectivity index (χ4n) is 4.64. The summed E-state index contributed by atoms with van der Waals surface area (Å²) in [6, 6.07) is 6.84. The second kappa shape index (κ2) is 10.8. The standard InChI is InChI=1S/C27H42N2O7Si/c1-17(36-37(8,9)26(2,3)4)22(25(32)33-7)29-23(19-16-34-27(5,6)35-19)21(24(29)31)28-20(30)15-18-13-11-10-12-14-18/h10-14,17,19,21-23H,15-16H2,1-9H3,(H,28,30)/t17-,19-,21-,22+,23+/m0/s1. The Morgan fingerprint density at radius 2 is 1.84 bits per heavy atom. The van der Waals surface area contributed by atoms with Crippen LogP contribution in [0.3, 0.4) is 0 Å². The highest BCUT2D eigenvalue weighted by molar-refractivity contribution is 6.74. The third-order valence-corrected chi connectivity index (χ3v) is 12.2. The molecule has 0 spiro atoms. The monoisotopic (exact) mass is 534 g/mol. The van der Waals surface area contributed by atoms with E-state index in [1.807, 2.05) is 30.3 Å². The minimum atomic E-state index is -2.28. The van der Waals surface area contributed by atoms with Crippen molar-refractivity contribution in [2.75, 3.05) is 13.7 Å². The number of benzene rings is 1. The van der Waals surface area contributed by atoms with Gasteiger partial charge in [0, 0.05) is 0 Å². The second-order valence-electron chi connectivity index (χ2n) is 11.9. The van der Waals surface area contributed by atoms with Gasteiger partial charge < -0.3 is 28.9 Å². The van der Waals surface area contributed by atoms with E-state index in [1.54, 1.807) is 20.8 Å². The van der Waals surface area contributed by atoms with Gasteiger partial charge in [0.1, 0.15) is 12.1 Å². The summed E-state index contributed by atoms with van der Waals surface area (Å²) in [5.74, 6) is -2.08.